The van der Waals surface area contributed by atoms with Crippen molar-refractivity contribution in [1.82, 2.24) is 0 Å². The van der Waals surface area contributed by atoms with Crippen LogP contribution in [0.4, 0.5) is 45.5 Å². The average molecular weight is 910 g/mol. The number of aryl methyl sites for hydroxylation is 1. The van der Waals surface area contributed by atoms with Crippen molar-refractivity contribution in [3.63, 3.8) is 0 Å². The molecule has 0 saturated carbocycles. The van der Waals surface area contributed by atoms with Crippen LogP contribution in [0.2, 0.25) is 0 Å². The van der Waals surface area contributed by atoms with E-state index in [-0.39, 0.29) is 35.6 Å². The van der Waals surface area contributed by atoms with Crippen molar-refractivity contribution in [2.24, 2.45) is 30.7 Å². The molecule has 0 aliphatic heterocycles. The van der Waals surface area contributed by atoms with E-state index in [1.165, 1.54) is 13.2 Å². The van der Waals surface area contributed by atoms with Gasteiger partial charge in [0.2, 0.25) is 0 Å². The number of hydrogen-bond acceptors (Lipinski definition) is 14. The summed E-state index contributed by atoms with van der Waals surface area (Å²) in [7, 11) is -7.47. The molecule has 4 N–H and O–H groups in total. The van der Waals surface area contributed by atoms with Crippen LogP contribution in [0, 0.1) is 6.92 Å². The topological polar surface area (TPSA) is 234 Å². The number of hydrogen-bond donors (Lipinski definition) is 4. The van der Waals surface area contributed by atoms with E-state index >= 15 is 0 Å². The number of azo groups is 3. The zero-order valence-electron chi connectivity index (χ0n) is 34.7. The van der Waals surface area contributed by atoms with Crippen molar-refractivity contribution in [2.75, 3.05) is 24.8 Å². The number of benzene rings is 8. The minimum Gasteiger partial charge on any atom is -0.505 e. The fourth-order valence-electron chi connectivity index (χ4n) is 6.98. The highest BCUT2D eigenvalue weighted by Gasteiger charge is 2.23. The standard InChI is InChI=1S/C47H39N7O9S2/c1-29-23-43(53-54-46-45(65(59,60)61)27-32-25-34(16-18-37(32)47(46)55)48-33-9-4-3-5-10-33)44(62-2)28-42(29)52-51-41-20-19-40(38-11-6-7-12-39(38)41)50-49-35-15-13-31-26-36(17-14-30(31)24-35)63-21-8-22-64(56,57)58/h3-7,9-20,23-28,48,55H,8,21-22H2,1-2H3,(H,56,57,58)(H,59,60,61). The molecule has 0 saturated heterocycles. The Morgan fingerprint density at radius 1 is 0.585 bits per heavy atom. The highest BCUT2D eigenvalue weighted by atomic mass is 32.2. The van der Waals surface area contributed by atoms with Gasteiger partial charge in [-0.05, 0) is 114 Å². The Hall–Kier alpha value is -7.64. The molecule has 8 aromatic carbocycles. The number of anilines is 2. The van der Waals surface area contributed by atoms with Crippen LogP contribution in [-0.4, -0.2) is 50.5 Å². The maximum absolute atomic E-state index is 12.6. The lowest BCUT2D eigenvalue weighted by Crippen LogP contribution is -2.08. The fraction of sp³-hybridized carbons (Fsp3) is 0.106. The third-order valence-electron chi connectivity index (χ3n) is 10.2. The zero-order valence-corrected chi connectivity index (χ0v) is 36.3. The van der Waals surface area contributed by atoms with Gasteiger partial charge in [-0.15, -0.1) is 20.5 Å². The number of methoxy groups -OCH3 is 1. The number of ether oxygens (including phenoxy) is 2. The van der Waals surface area contributed by atoms with Gasteiger partial charge in [0.25, 0.3) is 20.2 Å². The van der Waals surface area contributed by atoms with Gasteiger partial charge in [-0.2, -0.15) is 27.1 Å². The number of fused-ring (bicyclic) bond motifs is 3. The minimum absolute atomic E-state index is 0.144. The van der Waals surface area contributed by atoms with Crippen molar-refractivity contribution in [3.05, 3.63) is 145 Å². The van der Waals surface area contributed by atoms with E-state index in [1.807, 2.05) is 84.9 Å². The summed E-state index contributed by atoms with van der Waals surface area (Å²) in [6.45, 7) is 1.92. The molecule has 16 nitrogen and oxygen atoms in total. The zero-order chi connectivity index (χ0) is 45.7. The first kappa shape index (κ1) is 44.0. The third kappa shape index (κ3) is 10.4. The molecule has 0 spiro atoms. The Labute approximate surface area is 373 Å². The van der Waals surface area contributed by atoms with E-state index in [0.717, 1.165) is 27.2 Å². The van der Waals surface area contributed by atoms with E-state index in [4.69, 9.17) is 14.0 Å². The van der Waals surface area contributed by atoms with Crippen molar-refractivity contribution in [3.8, 4) is 17.2 Å². The van der Waals surface area contributed by atoms with Crippen molar-refractivity contribution in [1.29, 1.82) is 0 Å². The largest absolute Gasteiger partial charge is 0.505 e. The Kier molecular flexibility index (Phi) is 12.6. The van der Waals surface area contributed by atoms with Gasteiger partial charge < -0.3 is 19.9 Å². The van der Waals surface area contributed by atoms with Crippen LogP contribution in [-0.2, 0) is 20.2 Å². The summed E-state index contributed by atoms with van der Waals surface area (Å²) in [5.74, 6) is -0.0526. The smallest absolute Gasteiger partial charge is 0.296 e. The normalized spacial score (nSPS) is 12.3. The van der Waals surface area contributed by atoms with Crippen molar-refractivity contribution < 1.29 is 40.5 Å². The van der Waals surface area contributed by atoms with Crippen LogP contribution in [0.15, 0.2) is 175 Å². The number of phenols is 1. The molecule has 0 radical (unpaired) electrons. The van der Waals surface area contributed by atoms with Crippen LogP contribution in [0.5, 0.6) is 17.2 Å². The summed E-state index contributed by atoms with van der Waals surface area (Å²) in [4.78, 5) is -0.629. The second-order valence-corrected chi connectivity index (χ2v) is 17.7. The summed E-state index contributed by atoms with van der Waals surface area (Å²) >= 11 is 0. The molecule has 0 aromatic heterocycles. The first-order chi connectivity index (χ1) is 31.2. The Balaban J connectivity index is 1.01. The molecule has 0 fully saturated rings. The van der Waals surface area contributed by atoms with Crippen molar-refractivity contribution in [2.45, 2.75) is 18.2 Å². The number of phenolic OH excluding ortho intramolecular Hbond substituents is 1. The summed E-state index contributed by atoms with van der Waals surface area (Å²) in [6, 6.07) is 41.1. The van der Waals surface area contributed by atoms with Crippen LogP contribution in [0.25, 0.3) is 32.3 Å². The van der Waals surface area contributed by atoms with E-state index in [1.54, 1.807) is 55.5 Å². The van der Waals surface area contributed by atoms with Crippen molar-refractivity contribution >= 4 is 98.1 Å². The highest BCUT2D eigenvalue weighted by molar-refractivity contribution is 7.86. The quantitative estimate of drug-likeness (QED) is 0.0431. The molecule has 8 aromatic rings. The SMILES string of the molecule is COc1cc(N=Nc2ccc(N=Nc3ccc4cc(OCCCS(=O)(=O)O)ccc4c3)c3ccccc23)c(C)cc1N=Nc1c(S(=O)(=O)O)cc2cc(Nc3ccccc3)ccc2c1O. The molecule has 65 heavy (non-hydrogen) atoms. The lowest BCUT2D eigenvalue weighted by molar-refractivity contribution is 0.316. The van der Waals surface area contributed by atoms with E-state index in [0.29, 0.717) is 45.1 Å². The van der Waals surface area contributed by atoms with Crippen LogP contribution in [0.3, 0.4) is 0 Å². The molecule has 0 amide bonds. The molecular formula is C47H39N7O9S2. The van der Waals surface area contributed by atoms with Gasteiger partial charge in [-0.1, -0.05) is 54.6 Å². The fourth-order valence-corrected chi connectivity index (χ4v) is 8.12. The Bertz CT molecular complexity index is 3440. The number of rotatable bonds is 15. The second kappa shape index (κ2) is 18.6. The molecule has 18 heteroatoms. The predicted octanol–water partition coefficient (Wildman–Crippen LogP) is 13.1. The number of nitrogens with zero attached hydrogens (tertiary/aromatic N) is 6. The van der Waals surface area contributed by atoms with Gasteiger partial charge in [0, 0.05) is 33.6 Å². The lowest BCUT2D eigenvalue weighted by atomic mass is 10.1. The average Bonchev–Trinajstić information content (AvgIpc) is 3.28. The van der Waals surface area contributed by atoms with Gasteiger partial charge in [-0.25, -0.2) is 0 Å². The van der Waals surface area contributed by atoms with Gasteiger partial charge in [0.15, 0.2) is 5.75 Å². The summed E-state index contributed by atoms with van der Waals surface area (Å²) in [5, 5.41) is 45.0. The molecule has 0 bridgehead atoms. The first-order valence-electron chi connectivity index (χ1n) is 19.9. The summed E-state index contributed by atoms with van der Waals surface area (Å²) in [6.07, 6.45) is 0.165. The highest BCUT2D eigenvalue weighted by Crippen LogP contribution is 2.44. The van der Waals surface area contributed by atoms with Gasteiger partial charge in [-0.3, -0.25) is 9.11 Å². The lowest BCUT2D eigenvalue weighted by Gasteiger charge is -2.12. The molecule has 8 rings (SSSR count). The monoisotopic (exact) mass is 909 g/mol. The van der Waals surface area contributed by atoms with Gasteiger partial charge >= 0.3 is 0 Å². The van der Waals surface area contributed by atoms with E-state index < -0.39 is 36.6 Å². The molecular weight excluding hydrogens is 871 g/mol. The van der Waals surface area contributed by atoms with E-state index in [2.05, 4.69) is 36.0 Å². The first-order valence-corrected chi connectivity index (χ1v) is 22.9. The maximum Gasteiger partial charge on any atom is 0.296 e. The van der Waals surface area contributed by atoms with Crippen LogP contribution in [0.1, 0.15) is 12.0 Å². The van der Waals surface area contributed by atoms with Gasteiger partial charge in [0.1, 0.15) is 27.8 Å². The maximum atomic E-state index is 12.6. The molecule has 0 aliphatic rings. The Morgan fingerprint density at radius 2 is 1.25 bits per heavy atom. The predicted molar refractivity (Wildman–Crippen MR) is 250 cm³/mol. The number of para-hydroxylation sites is 1. The molecule has 0 atom stereocenters. The molecule has 328 valence electrons. The van der Waals surface area contributed by atoms with Gasteiger partial charge in [0.05, 0.1) is 42.2 Å². The molecule has 0 heterocycles. The second-order valence-electron chi connectivity index (χ2n) is 14.7. The minimum atomic E-state index is -4.86. The van der Waals surface area contributed by atoms with Crippen LogP contribution >= 0.6 is 0 Å². The summed E-state index contributed by atoms with van der Waals surface area (Å²) in [5.41, 5.74) is 4.06. The third-order valence-corrected chi connectivity index (χ3v) is 11.8. The van der Waals surface area contributed by atoms with Crippen LogP contribution < -0.4 is 14.8 Å². The molecule has 0 aliphatic carbocycles. The Morgan fingerprint density at radius 3 is 1.95 bits per heavy atom. The number of aromatic hydroxyl groups is 1. The molecule has 0 unspecified atom stereocenters. The number of nitrogens with one attached hydrogen (secondary N) is 1. The van der Waals surface area contributed by atoms with E-state index in [9.17, 15) is 26.5 Å². The summed E-state index contributed by atoms with van der Waals surface area (Å²) < 4.78 is 77.4.